The molecule has 166 valence electrons. The molecule has 1 atom stereocenters. The van der Waals surface area contributed by atoms with E-state index >= 15 is 0 Å². The van der Waals surface area contributed by atoms with Gasteiger partial charge in [0.1, 0.15) is 17.4 Å². The van der Waals surface area contributed by atoms with Gasteiger partial charge in [0, 0.05) is 30.4 Å². The predicted octanol–water partition coefficient (Wildman–Crippen LogP) is 1.46. The highest BCUT2D eigenvalue weighted by molar-refractivity contribution is 5.93. The van der Waals surface area contributed by atoms with Crippen LogP contribution in [0.5, 0.6) is 0 Å². The van der Waals surface area contributed by atoms with E-state index in [1.807, 2.05) is 11.8 Å². The van der Waals surface area contributed by atoms with Crippen LogP contribution in [-0.4, -0.2) is 42.5 Å². The normalized spacial score (nSPS) is 20.3. The molecule has 1 unspecified atom stereocenters. The van der Waals surface area contributed by atoms with Crippen LogP contribution in [0.3, 0.4) is 0 Å². The highest BCUT2D eigenvalue weighted by atomic mass is 19.1. The maximum Gasteiger partial charge on any atom is 0.267 e. The van der Waals surface area contributed by atoms with Crippen molar-refractivity contribution in [2.75, 3.05) is 6.54 Å². The molecule has 1 aliphatic heterocycles. The van der Waals surface area contributed by atoms with E-state index in [1.54, 1.807) is 30.7 Å². The number of aromatic nitrogens is 4. The summed E-state index contributed by atoms with van der Waals surface area (Å²) < 4.78 is 15.8. The Balaban J connectivity index is 1.47. The molecule has 0 saturated heterocycles. The number of allylic oxidation sites excluding steroid dienone is 2. The number of rotatable bonds is 5. The van der Waals surface area contributed by atoms with E-state index < -0.39 is 6.04 Å². The minimum atomic E-state index is -0.408. The zero-order chi connectivity index (χ0) is 22.5. The van der Waals surface area contributed by atoms with Crippen LogP contribution in [0.4, 0.5) is 4.39 Å². The number of nitrogens with zero attached hydrogens (tertiary/aromatic N) is 4. The van der Waals surface area contributed by atoms with E-state index in [9.17, 15) is 9.18 Å². The van der Waals surface area contributed by atoms with Crippen LogP contribution in [0.15, 0.2) is 54.4 Å². The van der Waals surface area contributed by atoms with Crippen molar-refractivity contribution in [1.29, 1.82) is 0 Å². The number of fused-ring (bicyclic) bond motifs is 2. The lowest BCUT2D eigenvalue weighted by atomic mass is 9.99. The summed E-state index contributed by atoms with van der Waals surface area (Å²) in [6.45, 7) is 2.58. The van der Waals surface area contributed by atoms with Gasteiger partial charge in [-0.3, -0.25) is 4.79 Å². The molecule has 5 rings (SSSR count). The van der Waals surface area contributed by atoms with E-state index in [4.69, 9.17) is 11.5 Å². The van der Waals surface area contributed by atoms with Crippen molar-refractivity contribution in [3.05, 3.63) is 77.3 Å². The van der Waals surface area contributed by atoms with Crippen molar-refractivity contribution in [2.45, 2.75) is 37.8 Å². The zero-order valence-corrected chi connectivity index (χ0v) is 17.7. The quantitative estimate of drug-likeness (QED) is 0.354. The second kappa shape index (κ2) is 7.40. The molecule has 4 heterocycles. The van der Waals surface area contributed by atoms with Crippen molar-refractivity contribution in [2.24, 2.45) is 11.5 Å². The van der Waals surface area contributed by atoms with E-state index in [0.717, 1.165) is 24.2 Å². The maximum absolute atomic E-state index is 14.3. The summed E-state index contributed by atoms with van der Waals surface area (Å²) in [6, 6.07) is 4.30. The highest BCUT2D eigenvalue weighted by Gasteiger charge is 2.39. The average Bonchev–Trinajstić information content (AvgIpc) is 3.18. The number of amides is 1. The van der Waals surface area contributed by atoms with Crippen LogP contribution >= 0.6 is 0 Å². The number of imidazole rings is 1. The Morgan fingerprint density at radius 3 is 2.94 bits per heavy atom. The van der Waals surface area contributed by atoms with Crippen LogP contribution in [0, 0.1) is 5.82 Å². The topological polar surface area (TPSA) is 130 Å². The first kappa shape index (κ1) is 20.1. The third-order valence-corrected chi connectivity index (χ3v) is 6.12. The molecule has 0 aromatic carbocycles. The van der Waals surface area contributed by atoms with Gasteiger partial charge in [-0.25, -0.2) is 13.9 Å². The standard InChI is InChI=1S/C22H25FN8O/c1-22(7-8-22)28-21(32)14(24)4-5-18(25)30-10-6-15-19(27-12-26-15)20(30)16-11-17-13(23)3-2-9-31(17)29-16/h2-5,9,11-12,20H,6-8,10,24-25H2,1H3,(H,26,27)(H,28,32)/b14-4-,18-5+. The van der Waals surface area contributed by atoms with Crippen molar-refractivity contribution in [3.63, 3.8) is 0 Å². The van der Waals surface area contributed by atoms with Gasteiger partial charge in [-0.15, -0.1) is 0 Å². The van der Waals surface area contributed by atoms with Gasteiger partial charge in [-0.2, -0.15) is 5.10 Å². The van der Waals surface area contributed by atoms with Gasteiger partial charge in [0.2, 0.25) is 0 Å². The third kappa shape index (κ3) is 3.57. The zero-order valence-electron chi connectivity index (χ0n) is 17.7. The van der Waals surface area contributed by atoms with Crippen LogP contribution in [0.1, 0.15) is 42.9 Å². The first-order valence-electron chi connectivity index (χ1n) is 10.5. The summed E-state index contributed by atoms with van der Waals surface area (Å²) in [4.78, 5) is 21.9. The largest absolute Gasteiger partial charge is 0.394 e. The number of H-pyrrole nitrogens is 1. The number of halogens is 1. The number of hydrogen-bond acceptors (Lipinski definition) is 6. The molecule has 1 amide bonds. The van der Waals surface area contributed by atoms with Gasteiger partial charge in [-0.1, -0.05) is 0 Å². The lowest BCUT2D eigenvalue weighted by Gasteiger charge is -2.35. The van der Waals surface area contributed by atoms with Crippen molar-refractivity contribution >= 4 is 11.4 Å². The number of hydrogen-bond donors (Lipinski definition) is 4. The SMILES string of the molecule is CC1(NC(=O)/C(N)=C/C=C(\N)N2CCc3[nH]cnc3C2c2cc3c(F)cccn3n2)CC1. The van der Waals surface area contributed by atoms with Gasteiger partial charge in [0.25, 0.3) is 5.91 Å². The Hall–Kier alpha value is -3.82. The molecule has 3 aromatic heterocycles. The molecule has 2 aliphatic rings. The molecule has 1 fully saturated rings. The number of carbonyl (C=O) groups excluding carboxylic acids is 1. The van der Waals surface area contributed by atoms with Gasteiger partial charge >= 0.3 is 0 Å². The molecule has 0 radical (unpaired) electrons. The minimum absolute atomic E-state index is 0.0879. The lowest BCUT2D eigenvalue weighted by molar-refractivity contribution is -0.118. The smallest absolute Gasteiger partial charge is 0.267 e. The van der Waals surface area contributed by atoms with E-state index in [1.165, 1.54) is 16.7 Å². The maximum atomic E-state index is 14.3. The summed E-state index contributed by atoms with van der Waals surface area (Å²) >= 11 is 0. The van der Waals surface area contributed by atoms with Gasteiger partial charge in [0.05, 0.1) is 29.2 Å². The fourth-order valence-corrected chi connectivity index (χ4v) is 3.99. The van der Waals surface area contributed by atoms with Crippen molar-refractivity contribution < 1.29 is 9.18 Å². The Morgan fingerprint density at radius 1 is 1.38 bits per heavy atom. The third-order valence-electron chi connectivity index (χ3n) is 6.12. The molecule has 32 heavy (non-hydrogen) atoms. The Labute approximate surface area is 184 Å². The van der Waals surface area contributed by atoms with Crippen molar-refractivity contribution in [3.8, 4) is 0 Å². The molecule has 0 spiro atoms. The minimum Gasteiger partial charge on any atom is -0.394 e. The van der Waals surface area contributed by atoms with Gasteiger partial charge < -0.3 is 26.7 Å². The number of nitrogens with one attached hydrogen (secondary N) is 2. The molecule has 10 heteroatoms. The number of nitrogens with two attached hydrogens (primary N) is 2. The van der Waals surface area contributed by atoms with Gasteiger partial charge in [0.15, 0.2) is 0 Å². The first-order valence-corrected chi connectivity index (χ1v) is 10.5. The fraction of sp³-hybridized carbons (Fsp3) is 0.318. The van der Waals surface area contributed by atoms with Crippen LogP contribution < -0.4 is 16.8 Å². The molecule has 1 saturated carbocycles. The van der Waals surface area contributed by atoms with Crippen molar-refractivity contribution in [1.82, 2.24) is 29.8 Å². The number of aromatic amines is 1. The molecular formula is C22H25FN8O. The Kier molecular flexibility index (Phi) is 4.65. The second-order valence-electron chi connectivity index (χ2n) is 8.60. The summed E-state index contributed by atoms with van der Waals surface area (Å²) in [5.74, 6) is -0.255. The van der Waals surface area contributed by atoms with Crippen LogP contribution in [0.25, 0.3) is 5.52 Å². The molecule has 6 N–H and O–H groups in total. The number of pyridine rings is 1. The molecule has 3 aromatic rings. The summed E-state index contributed by atoms with van der Waals surface area (Å²) in [5, 5.41) is 7.49. The van der Waals surface area contributed by atoms with Gasteiger partial charge in [-0.05, 0) is 50.1 Å². The Bertz CT molecular complexity index is 1250. The second-order valence-corrected chi connectivity index (χ2v) is 8.60. The predicted molar refractivity (Wildman–Crippen MR) is 116 cm³/mol. The molecule has 1 aliphatic carbocycles. The molecule has 0 bridgehead atoms. The van der Waals surface area contributed by atoms with Crippen LogP contribution in [0.2, 0.25) is 0 Å². The fourth-order valence-electron chi connectivity index (χ4n) is 3.99. The summed E-state index contributed by atoms with van der Waals surface area (Å²) in [6.07, 6.45) is 9.07. The van der Waals surface area contributed by atoms with E-state index in [0.29, 0.717) is 30.0 Å². The highest BCUT2D eigenvalue weighted by Crippen LogP contribution is 2.35. The van der Waals surface area contributed by atoms with E-state index in [2.05, 4.69) is 20.4 Å². The molecule has 9 nitrogen and oxygen atoms in total. The lowest BCUT2D eigenvalue weighted by Crippen LogP contribution is -2.39. The Morgan fingerprint density at radius 2 is 2.19 bits per heavy atom. The average molecular weight is 436 g/mol. The molecular weight excluding hydrogens is 411 g/mol. The first-order chi connectivity index (χ1) is 15.3. The summed E-state index contributed by atoms with van der Waals surface area (Å²) in [7, 11) is 0. The van der Waals surface area contributed by atoms with E-state index in [-0.39, 0.29) is 23.0 Å². The summed E-state index contributed by atoms with van der Waals surface area (Å²) in [5.41, 5.74) is 15.1. The van der Waals surface area contributed by atoms with Crippen LogP contribution in [-0.2, 0) is 11.2 Å². The number of carbonyl (C=O) groups is 1. The monoisotopic (exact) mass is 436 g/mol.